The van der Waals surface area contributed by atoms with Crippen LogP contribution in [-0.2, 0) is 10.0 Å². The summed E-state index contributed by atoms with van der Waals surface area (Å²) in [6.07, 6.45) is 1.43. The SMILES string of the molecule is CC(C)(C)S(=O)(=O)Nc1ccc(Oc2ccc(NC(N)=O)nc2)cc1. The molecule has 0 radical (unpaired) electrons. The van der Waals surface area contributed by atoms with E-state index >= 15 is 0 Å². The molecule has 0 saturated carbocycles. The standard InChI is InChI=1S/C16H20N4O4S/c1-16(2,3)25(22,23)20-11-4-6-12(7-5-11)24-13-8-9-14(18-10-13)19-15(17)21/h4-10,20H,1-3H3,(H3,17,18,19,21). The number of carbonyl (C=O) groups is 1. The lowest BCUT2D eigenvalue weighted by Gasteiger charge is -2.20. The van der Waals surface area contributed by atoms with Crippen molar-refractivity contribution in [1.82, 2.24) is 4.98 Å². The van der Waals surface area contributed by atoms with E-state index in [1.807, 2.05) is 0 Å². The molecule has 8 nitrogen and oxygen atoms in total. The van der Waals surface area contributed by atoms with Gasteiger partial charge in [-0.15, -0.1) is 0 Å². The Hall–Kier alpha value is -2.81. The maximum absolute atomic E-state index is 12.1. The van der Waals surface area contributed by atoms with Gasteiger partial charge in [-0.25, -0.2) is 18.2 Å². The quantitative estimate of drug-likeness (QED) is 0.752. The van der Waals surface area contributed by atoms with Crippen molar-refractivity contribution in [2.45, 2.75) is 25.5 Å². The molecule has 0 fully saturated rings. The van der Waals surface area contributed by atoms with Crippen molar-refractivity contribution >= 4 is 27.6 Å². The summed E-state index contributed by atoms with van der Waals surface area (Å²) in [7, 11) is -3.48. The van der Waals surface area contributed by atoms with Crippen LogP contribution < -0.4 is 20.5 Å². The Morgan fingerprint density at radius 1 is 1.08 bits per heavy atom. The number of aromatic nitrogens is 1. The zero-order valence-corrected chi connectivity index (χ0v) is 14.9. The number of urea groups is 1. The van der Waals surface area contributed by atoms with Crippen molar-refractivity contribution < 1.29 is 17.9 Å². The molecule has 0 atom stereocenters. The molecule has 25 heavy (non-hydrogen) atoms. The third-order valence-electron chi connectivity index (χ3n) is 3.14. The predicted octanol–water partition coefficient (Wildman–Crippen LogP) is 2.90. The van der Waals surface area contributed by atoms with Crippen molar-refractivity contribution in [2.24, 2.45) is 5.73 Å². The molecule has 2 amide bonds. The minimum Gasteiger partial charge on any atom is -0.456 e. The van der Waals surface area contributed by atoms with Gasteiger partial charge in [0.1, 0.15) is 17.3 Å². The van der Waals surface area contributed by atoms with Crippen LogP contribution in [0.25, 0.3) is 0 Å². The number of hydrogen-bond donors (Lipinski definition) is 3. The molecule has 0 spiro atoms. The highest BCUT2D eigenvalue weighted by molar-refractivity contribution is 7.94. The first-order valence-corrected chi connectivity index (χ1v) is 8.88. The maximum atomic E-state index is 12.1. The minimum atomic E-state index is -3.48. The van der Waals surface area contributed by atoms with Gasteiger partial charge in [0.05, 0.1) is 10.9 Å². The number of anilines is 2. The van der Waals surface area contributed by atoms with Gasteiger partial charge in [0.15, 0.2) is 0 Å². The molecule has 9 heteroatoms. The van der Waals surface area contributed by atoms with E-state index in [9.17, 15) is 13.2 Å². The van der Waals surface area contributed by atoms with E-state index in [1.54, 1.807) is 57.2 Å². The molecule has 1 aromatic heterocycles. The van der Waals surface area contributed by atoms with Crippen LogP contribution in [0.2, 0.25) is 0 Å². The van der Waals surface area contributed by atoms with E-state index in [-0.39, 0.29) is 0 Å². The fourth-order valence-corrected chi connectivity index (χ4v) is 2.43. The Morgan fingerprint density at radius 3 is 2.16 bits per heavy atom. The molecule has 0 saturated heterocycles. The van der Waals surface area contributed by atoms with E-state index in [0.717, 1.165) is 0 Å². The molecular weight excluding hydrogens is 344 g/mol. The second-order valence-corrected chi connectivity index (χ2v) is 8.65. The van der Waals surface area contributed by atoms with Crippen LogP contribution in [0.5, 0.6) is 11.5 Å². The van der Waals surface area contributed by atoms with Gasteiger partial charge in [0.2, 0.25) is 10.0 Å². The zero-order chi connectivity index (χ0) is 18.7. The zero-order valence-electron chi connectivity index (χ0n) is 14.1. The number of amides is 2. The second-order valence-electron chi connectivity index (χ2n) is 6.21. The molecule has 1 heterocycles. The first-order valence-electron chi connectivity index (χ1n) is 7.40. The summed E-state index contributed by atoms with van der Waals surface area (Å²) in [5, 5.41) is 2.34. The van der Waals surface area contributed by atoms with Crippen molar-refractivity contribution in [3.05, 3.63) is 42.6 Å². The average Bonchev–Trinajstić information content (AvgIpc) is 2.49. The Labute approximate surface area is 146 Å². The number of primary amides is 1. The molecule has 0 unspecified atom stereocenters. The molecule has 4 N–H and O–H groups in total. The van der Waals surface area contributed by atoms with Crippen LogP contribution in [0, 0.1) is 0 Å². The fourth-order valence-electron chi connectivity index (χ4n) is 1.68. The normalized spacial score (nSPS) is 11.6. The lowest BCUT2D eigenvalue weighted by atomic mass is 10.3. The Morgan fingerprint density at radius 2 is 1.68 bits per heavy atom. The first-order chi connectivity index (χ1) is 11.6. The topological polar surface area (TPSA) is 123 Å². The van der Waals surface area contributed by atoms with Crippen LogP contribution >= 0.6 is 0 Å². The monoisotopic (exact) mass is 364 g/mol. The van der Waals surface area contributed by atoms with Gasteiger partial charge in [-0.1, -0.05) is 0 Å². The molecule has 2 rings (SSSR count). The number of rotatable bonds is 5. The molecule has 0 aliphatic carbocycles. The number of carbonyl (C=O) groups excluding carboxylic acids is 1. The van der Waals surface area contributed by atoms with Gasteiger partial charge in [-0.3, -0.25) is 10.0 Å². The lowest BCUT2D eigenvalue weighted by molar-refractivity contribution is 0.259. The Bertz CT molecular complexity index is 841. The van der Waals surface area contributed by atoms with Crippen molar-refractivity contribution in [1.29, 1.82) is 0 Å². The van der Waals surface area contributed by atoms with Crippen LogP contribution in [0.15, 0.2) is 42.6 Å². The highest BCUT2D eigenvalue weighted by atomic mass is 32.2. The summed E-state index contributed by atoms with van der Waals surface area (Å²) >= 11 is 0. The third kappa shape index (κ3) is 5.08. The molecule has 2 aromatic rings. The number of ether oxygens (including phenoxy) is 1. The molecule has 0 bridgehead atoms. The van der Waals surface area contributed by atoms with Gasteiger partial charge in [-0.2, -0.15) is 0 Å². The highest BCUT2D eigenvalue weighted by Gasteiger charge is 2.28. The Balaban J connectivity index is 2.04. The van der Waals surface area contributed by atoms with E-state index in [0.29, 0.717) is 23.0 Å². The van der Waals surface area contributed by atoms with E-state index in [4.69, 9.17) is 10.5 Å². The van der Waals surface area contributed by atoms with Crippen LogP contribution in [0.3, 0.4) is 0 Å². The molecule has 134 valence electrons. The van der Waals surface area contributed by atoms with Crippen LogP contribution in [-0.4, -0.2) is 24.2 Å². The largest absolute Gasteiger partial charge is 0.456 e. The second kappa shape index (κ2) is 6.98. The summed E-state index contributed by atoms with van der Waals surface area (Å²) < 4.78 is 31.5. The van der Waals surface area contributed by atoms with Crippen LogP contribution in [0.4, 0.5) is 16.3 Å². The molecule has 1 aromatic carbocycles. The van der Waals surface area contributed by atoms with E-state index in [2.05, 4.69) is 15.0 Å². The number of benzene rings is 1. The van der Waals surface area contributed by atoms with E-state index in [1.165, 1.54) is 6.20 Å². The van der Waals surface area contributed by atoms with Crippen LogP contribution in [0.1, 0.15) is 20.8 Å². The van der Waals surface area contributed by atoms with Gasteiger partial charge < -0.3 is 10.5 Å². The van der Waals surface area contributed by atoms with Crippen molar-refractivity contribution in [3.63, 3.8) is 0 Å². The predicted molar refractivity (Wildman–Crippen MR) is 96.3 cm³/mol. The number of hydrogen-bond acceptors (Lipinski definition) is 5. The summed E-state index contributed by atoms with van der Waals surface area (Å²) in [4.78, 5) is 14.7. The number of pyridine rings is 1. The first kappa shape index (κ1) is 18.5. The van der Waals surface area contributed by atoms with Gasteiger partial charge >= 0.3 is 6.03 Å². The Kier molecular flexibility index (Phi) is 5.17. The highest BCUT2D eigenvalue weighted by Crippen LogP contribution is 2.25. The van der Waals surface area contributed by atoms with Gasteiger partial charge in [-0.05, 0) is 57.2 Å². The number of nitrogens with zero attached hydrogens (tertiary/aromatic N) is 1. The third-order valence-corrected chi connectivity index (χ3v) is 5.25. The maximum Gasteiger partial charge on any atom is 0.317 e. The summed E-state index contributed by atoms with van der Waals surface area (Å²) in [5.74, 6) is 1.28. The number of sulfonamides is 1. The van der Waals surface area contributed by atoms with Crippen molar-refractivity contribution in [3.8, 4) is 11.5 Å². The molecule has 0 aliphatic rings. The van der Waals surface area contributed by atoms with Gasteiger partial charge in [0, 0.05) is 5.69 Å². The van der Waals surface area contributed by atoms with Crippen molar-refractivity contribution in [2.75, 3.05) is 10.0 Å². The summed E-state index contributed by atoms with van der Waals surface area (Å²) in [6.45, 7) is 4.86. The smallest absolute Gasteiger partial charge is 0.317 e. The summed E-state index contributed by atoms with van der Waals surface area (Å²) in [5.41, 5.74) is 5.45. The number of nitrogens with one attached hydrogen (secondary N) is 2. The molecule has 0 aliphatic heterocycles. The summed E-state index contributed by atoms with van der Waals surface area (Å²) in [6, 6.07) is 8.95. The van der Waals surface area contributed by atoms with Gasteiger partial charge in [0.25, 0.3) is 0 Å². The fraction of sp³-hybridized carbons (Fsp3) is 0.250. The lowest BCUT2D eigenvalue weighted by Crippen LogP contribution is -2.33. The van der Waals surface area contributed by atoms with E-state index < -0.39 is 20.8 Å². The molecular formula is C16H20N4O4S. The minimum absolute atomic E-state index is 0.312. The average molecular weight is 364 g/mol. The number of nitrogens with two attached hydrogens (primary N) is 1.